The summed E-state index contributed by atoms with van der Waals surface area (Å²) in [6.07, 6.45) is 2.04. The first-order chi connectivity index (χ1) is 14.0. The lowest BCUT2D eigenvalue weighted by atomic mass is 10.1. The molecule has 3 aromatic rings. The number of nitrogens with one attached hydrogen (secondary N) is 1. The number of hydrogen-bond donors (Lipinski definition) is 1. The molecule has 2 aromatic carbocycles. The van der Waals surface area contributed by atoms with Crippen LogP contribution in [0.1, 0.15) is 28.8 Å². The SMILES string of the molecule is Cc1cc(Cl)ccc1N=c1oc2ccc(Br)cc2cc1C(=O)NC[C@H]1CCCO1. The van der Waals surface area contributed by atoms with Gasteiger partial charge in [-0.15, -0.1) is 0 Å². The molecule has 1 atom stereocenters. The van der Waals surface area contributed by atoms with Gasteiger partial charge in [0, 0.05) is 28.0 Å². The van der Waals surface area contributed by atoms with Crippen molar-refractivity contribution >= 4 is 50.1 Å². The highest BCUT2D eigenvalue weighted by atomic mass is 79.9. The third kappa shape index (κ3) is 4.71. The maximum absolute atomic E-state index is 13.0. The normalized spacial score (nSPS) is 17.1. The number of amides is 1. The Balaban J connectivity index is 1.78. The number of halogens is 2. The Hall–Kier alpha value is -2.15. The van der Waals surface area contributed by atoms with Crippen molar-refractivity contribution in [1.82, 2.24) is 5.32 Å². The number of fused-ring (bicyclic) bond motifs is 1. The Morgan fingerprint density at radius 3 is 2.90 bits per heavy atom. The lowest BCUT2D eigenvalue weighted by Gasteiger charge is -2.11. The van der Waals surface area contributed by atoms with Gasteiger partial charge in [0.15, 0.2) is 0 Å². The fourth-order valence-corrected chi connectivity index (χ4v) is 3.91. The maximum atomic E-state index is 13.0. The minimum atomic E-state index is -0.239. The standard InChI is InChI=1S/C22H20BrClN2O3/c1-13-9-16(24)5-6-19(13)26-22-18(21(27)25-12-17-3-2-8-28-17)11-14-10-15(23)4-7-20(14)29-22/h4-7,9-11,17H,2-3,8,12H2,1H3,(H,25,27)/t17-/m1/s1. The largest absolute Gasteiger partial charge is 0.438 e. The van der Waals surface area contributed by atoms with Gasteiger partial charge in [-0.3, -0.25) is 4.79 Å². The molecule has 1 aliphatic rings. The number of carbonyl (C=O) groups is 1. The van der Waals surface area contributed by atoms with E-state index in [0.29, 0.717) is 28.4 Å². The molecule has 150 valence electrons. The second-order valence-electron chi connectivity index (χ2n) is 7.04. The summed E-state index contributed by atoms with van der Waals surface area (Å²) >= 11 is 9.52. The van der Waals surface area contributed by atoms with Crippen LogP contribution in [0.15, 0.2) is 56.3 Å². The highest BCUT2D eigenvalue weighted by Gasteiger charge is 2.18. The van der Waals surface area contributed by atoms with Gasteiger partial charge in [-0.05, 0) is 67.8 Å². The summed E-state index contributed by atoms with van der Waals surface area (Å²) in [5.74, 6) is -0.239. The van der Waals surface area contributed by atoms with Crippen LogP contribution in [-0.4, -0.2) is 25.2 Å². The number of rotatable bonds is 4. The Morgan fingerprint density at radius 1 is 1.28 bits per heavy atom. The molecule has 0 spiro atoms. The summed E-state index contributed by atoms with van der Waals surface area (Å²) in [7, 11) is 0. The number of benzene rings is 2. The van der Waals surface area contributed by atoms with E-state index < -0.39 is 0 Å². The highest BCUT2D eigenvalue weighted by Crippen LogP contribution is 2.23. The summed E-state index contributed by atoms with van der Waals surface area (Å²) in [5.41, 5.74) is 2.88. The number of nitrogens with zero attached hydrogens (tertiary/aromatic N) is 1. The van der Waals surface area contributed by atoms with Crippen molar-refractivity contribution in [3.8, 4) is 0 Å². The summed E-state index contributed by atoms with van der Waals surface area (Å²) in [6, 6.07) is 12.9. The summed E-state index contributed by atoms with van der Waals surface area (Å²) < 4.78 is 12.5. The Labute approximate surface area is 181 Å². The summed E-state index contributed by atoms with van der Waals surface area (Å²) in [5, 5.41) is 4.40. The highest BCUT2D eigenvalue weighted by molar-refractivity contribution is 9.10. The molecule has 0 radical (unpaired) electrons. The zero-order chi connectivity index (χ0) is 20.4. The predicted molar refractivity (Wildman–Crippen MR) is 117 cm³/mol. The second-order valence-corrected chi connectivity index (χ2v) is 8.39. The van der Waals surface area contributed by atoms with E-state index in [4.69, 9.17) is 20.8 Å². The fraction of sp³-hybridized carbons (Fsp3) is 0.273. The van der Waals surface area contributed by atoms with Crippen LogP contribution in [0.2, 0.25) is 5.02 Å². The molecule has 5 nitrogen and oxygen atoms in total. The lowest BCUT2D eigenvalue weighted by Crippen LogP contribution is -2.34. The van der Waals surface area contributed by atoms with Crippen molar-refractivity contribution < 1.29 is 13.9 Å². The van der Waals surface area contributed by atoms with Crippen LogP contribution in [0.25, 0.3) is 11.0 Å². The molecule has 1 N–H and O–H groups in total. The molecule has 7 heteroatoms. The van der Waals surface area contributed by atoms with Crippen molar-refractivity contribution in [3.63, 3.8) is 0 Å². The molecule has 0 saturated carbocycles. The van der Waals surface area contributed by atoms with Crippen LogP contribution >= 0.6 is 27.5 Å². The topological polar surface area (TPSA) is 63.8 Å². The van der Waals surface area contributed by atoms with Crippen molar-refractivity contribution in [1.29, 1.82) is 0 Å². The molecule has 1 aromatic heterocycles. The van der Waals surface area contributed by atoms with Crippen LogP contribution in [0.5, 0.6) is 0 Å². The van der Waals surface area contributed by atoms with Gasteiger partial charge in [-0.2, -0.15) is 0 Å². The minimum Gasteiger partial charge on any atom is -0.438 e. The van der Waals surface area contributed by atoms with E-state index >= 15 is 0 Å². The first-order valence-corrected chi connectivity index (χ1v) is 10.6. The number of ether oxygens (including phenoxy) is 1. The zero-order valence-corrected chi connectivity index (χ0v) is 18.2. The molecule has 1 fully saturated rings. The van der Waals surface area contributed by atoms with Crippen LogP contribution in [0.3, 0.4) is 0 Å². The lowest BCUT2D eigenvalue weighted by molar-refractivity contribution is 0.0854. The van der Waals surface area contributed by atoms with Gasteiger partial charge in [0.25, 0.3) is 5.91 Å². The van der Waals surface area contributed by atoms with Gasteiger partial charge in [0.2, 0.25) is 5.55 Å². The molecule has 0 bridgehead atoms. The Kier molecular flexibility index (Phi) is 6.04. The Morgan fingerprint density at radius 2 is 2.14 bits per heavy atom. The van der Waals surface area contributed by atoms with Gasteiger partial charge in [0.05, 0.1) is 11.8 Å². The number of aryl methyl sites for hydroxylation is 1. The van der Waals surface area contributed by atoms with Gasteiger partial charge < -0.3 is 14.5 Å². The van der Waals surface area contributed by atoms with Crippen LogP contribution in [0, 0.1) is 6.92 Å². The van der Waals surface area contributed by atoms with E-state index in [9.17, 15) is 4.79 Å². The molecule has 0 unspecified atom stereocenters. The van der Waals surface area contributed by atoms with Crippen molar-refractivity contribution in [3.05, 3.63) is 68.6 Å². The van der Waals surface area contributed by atoms with Gasteiger partial charge >= 0.3 is 0 Å². The molecule has 4 rings (SSSR count). The number of hydrogen-bond acceptors (Lipinski definition) is 4. The van der Waals surface area contributed by atoms with Crippen LogP contribution < -0.4 is 10.9 Å². The van der Waals surface area contributed by atoms with E-state index in [-0.39, 0.29) is 17.6 Å². The summed E-state index contributed by atoms with van der Waals surface area (Å²) in [6.45, 7) is 3.13. The smallest absolute Gasteiger partial charge is 0.256 e. The second kappa shape index (κ2) is 8.69. The monoisotopic (exact) mass is 474 g/mol. The van der Waals surface area contributed by atoms with E-state index in [1.807, 2.05) is 37.3 Å². The molecular weight excluding hydrogens is 456 g/mol. The van der Waals surface area contributed by atoms with Gasteiger partial charge in [-0.1, -0.05) is 27.5 Å². The Bertz CT molecular complexity index is 1140. The fourth-order valence-electron chi connectivity index (χ4n) is 3.31. The average Bonchev–Trinajstić information content (AvgIpc) is 3.21. The van der Waals surface area contributed by atoms with Crippen molar-refractivity contribution in [2.45, 2.75) is 25.9 Å². The van der Waals surface area contributed by atoms with Crippen molar-refractivity contribution in [2.24, 2.45) is 4.99 Å². The van der Waals surface area contributed by atoms with Crippen LogP contribution in [-0.2, 0) is 4.74 Å². The summed E-state index contributed by atoms with van der Waals surface area (Å²) in [4.78, 5) is 17.6. The van der Waals surface area contributed by atoms with E-state index in [2.05, 4.69) is 26.2 Å². The van der Waals surface area contributed by atoms with Crippen molar-refractivity contribution in [2.75, 3.05) is 13.2 Å². The van der Waals surface area contributed by atoms with Gasteiger partial charge in [-0.25, -0.2) is 4.99 Å². The predicted octanol–water partition coefficient (Wildman–Crippen LogP) is 5.30. The molecule has 2 heterocycles. The molecule has 1 aliphatic heterocycles. The molecule has 1 saturated heterocycles. The third-order valence-electron chi connectivity index (χ3n) is 4.85. The average molecular weight is 476 g/mol. The quantitative estimate of drug-likeness (QED) is 0.557. The number of carbonyl (C=O) groups excluding carboxylic acids is 1. The molecule has 29 heavy (non-hydrogen) atoms. The third-order valence-corrected chi connectivity index (χ3v) is 5.58. The van der Waals surface area contributed by atoms with Crippen LogP contribution in [0.4, 0.5) is 5.69 Å². The zero-order valence-electron chi connectivity index (χ0n) is 15.9. The molecular formula is C22H20BrClN2O3. The van der Waals surface area contributed by atoms with E-state index in [1.54, 1.807) is 12.1 Å². The van der Waals surface area contributed by atoms with E-state index in [1.165, 1.54) is 0 Å². The molecule has 1 amide bonds. The van der Waals surface area contributed by atoms with E-state index in [0.717, 1.165) is 34.9 Å². The first-order valence-electron chi connectivity index (χ1n) is 9.44. The minimum absolute atomic E-state index is 0.0596. The maximum Gasteiger partial charge on any atom is 0.256 e. The molecule has 0 aliphatic carbocycles. The first kappa shape index (κ1) is 20.1. The van der Waals surface area contributed by atoms with Gasteiger partial charge in [0.1, 0.15) is 11.1 Å².